The lowest BCUT2D eigenvalue weighted by Crippen LogP contribution is -2.24. The lowest BCUT2D eigenvalue weighted by Gasteiger charge is -2.01. The molecule has 4 nitrogen and oxygen atoms in total. The van der Waals surface area contributed by atoms with Crippen molar-refractivity contribution in [1.82, 2.24) is 14.7 Å². The van der Waals surface area contributed by atoms with E-state index < -0.39 is 0 Å². The van der Waals surface area contributed by atoms with E-state index in [2.05, 4.69) is 10.3 Å². The van der Waals surface area contributed by atoms with Crippen LogP contribution in [0.15, 0.2) is 42.0 Å². The van der Waals surface area contributed by atoms with Gasteiger partial charge in [0.2, 0.25) is 5.91 Å². The lowest BCUT2D eigenvalue weighted by molar-refractivity contribution is -0.120. The molecular formula is C15H15N3OS. The van der Waals surface area contributed by atoms with Gasteiger partial charge in [-0.25, -0.2) is 4.98 Å². The number of aromatic nitrogens is 2. The summed E-state index contributed by atoms with van der Waals surface area (Å²) in [6, 6.07) is 7.93. The summed E-state index contributed by atoms with van der Waals surface area (Å²) in [6.07, 6.45) is 4.41. The molecule has 0 aliphatic heterocycles. The van der Waals surface area contributed by atoms with E-state index in [1.807, 2.05) is 53.4 Å². The SMILES string of the molecule is Cc1ccc2nc(CNC(=O)Cc3cccs3)cn2c1. The molecule has 102 valence electrons. The van der Waals surface area contributed by atoms with Gasteiger partial charge in [-0.05, 0) is 30.0 Å². The molecule has 3 aromatic rings. The molecule has 5 heteroatoms. The first-order valence-corrected chi connectivity index (χ1v) is 7.32. The molecule has 3 rings (SSSR count). The minimum Gasteiger partial charge on any atom is -0.350 e. The second-order valence-corrected chi connectivity index (χ2v) is 5.77. The van der Waals surface area contributed by atoms with Crippen molar-refractivity contribution in [1.29, 1.82) is 0 Å². The molecule has 3 heterocycles. The number of thiophene rings is 1. The zero-order valence-corrected chi connectivity index (χ0v) is 12.0. The standard InChI is InChI=1S/C15H15N3OS/c1-11-4-5-14-17-12(10-18(14)9-11)8-16-15(19)7-13-3-2-6-20-13/h2-6,9-10H,7-8H2,1H3,(H,16,19). The van der Waals surface area contributed by atoms with E-state index in [0.717, 1.165) is 16.2 Å². The van der Waals surface area contributed by atoms with Crippen LogP contribution in [-0.4, -0.2) is 15.3 Å². The van der Waals surface area contributed by atoms with Gasteiger partial charge in [-0.1, -0.05) is 12.1 Å². The van der Waals surface area contributed by atoms with Gasteiger partial charge in [0.15, 0.2) is 0 Å². The molecule has 0 aliphatic carbocycles. The largest absolute Gasteiger partial charge is 0.350 e. The van der Waals surface area contributed by atoms with Crippen molar-refractivity contribution in [2.45, 2.75) is 19.9 Å². The Bertz CT molecular complexity index is 731. The molecule has 0 aromatic carbocycles. The van der Waals surface area contributed by atoms with Crippen LogP contribution >= 0.6 is 11.3 Å². The third-order valence-corrected chi connectivity index (χ3v) is 3.91. The highest BCUT2D eigenvalue weighted by atomic mass is 32.1. The quantitative estimate of drug-likeness (QED) is 0.801. The molecule has 3 aromatic heterocycles. The Morgan fingerprint density at radius 3 is 3.05 bits per heavy atom. The smallest absolute Gasteiger partial charge is 0.225 e. The zero-order valence-electron chi connectivity index (χ0n) is 11.2. The van der Waals surface area contributed by atoms with Gasteiger partial charge in [0.1, 0.15) is 5.65 Å². The Hall–Kier alpha value is -2.14. The Morgan fingerprint density at radius 2 is 2.25 bits per heavy atom. The van der Waals surface area contributed by atoms with E-state index in [1.54, 1.807) is 11.3 Å². The Morgan fingerprint density at radius 1 is 1.35 bits per heavy atom. The van der Waals surface area contributed by atoms with E-state index in [4.69, 9.17) is 0 Å². The van der Waals surface area contributed by atoms with Gasteiger partial charge in [0.05, 0.1) is 18.7 Å². The van der Waals surface area contributed by atoms with E-state index in [-0.39, 0.29) is 5.91 Å². The topological polar surface area (TPSA) is 46.4 Å². The van der Waals surface area contributed by atoms with Crippen LogP contribution in [0.25, 0.3) is 5.65 Å². The molecule has 0 atom stereocenters. The summed E-state index contributed by atoms with van der Waals surface area (Å²) in [5.41, 5.74) is 2.96. The molecule has 0 bridgehead atoms. The predicted molar refractivity (Wildman–Crippen MR) is 79.8 cm³/mol. The predicted octanol–water partition coefficient (Wildman–Crippen LogP) is 2.56. The van der Waals surface area contributed by atoms with Crippen LogP contribution in [0.3, 0.4) is 0 Å². The monoisotopic (exact) mass is 285 g/mol. The van der Waals surface area contributed by atoms with Gasteiger partial charge < -0.3 is 9.72 Å². The maximum absolute atomic E-state index is 11.8. The van der Waals surface area contributed by atoms with Crippen molar-refractivity contribution in [3.05, 3.63) is 58.2 Å². The van der Waals surface area contributed by atoms with Gasteiger partial charge in [0.25, 0.3) is 0 Å². The second-order valence-electron chi connectivity index (χ2n) is 4.74. The van der Waals surface area contributed by atoms with Crippen molar-refractivity contribution >= 4 is 22.9 Å². The van der Waals surface area contributed by atoms with Crippen molar-refractivity contribution in [2.75, 3.05) is 0 Å². The van der Waals surface area contributed by atoms with Crippen molar-refractivity contribution in [3.8, 4) is 0 Å². The molecule has 0 spiro atoms. The number of hydrogen-bond donors (Lipinski definition) is 1. The van der Waals surface area contributed by atoms with Crippen molar-refractivity contribution in [3.63, 3.8) is 0 Å². The summed E-state index contributed by atoms with van der Waals surface area (Å²) in [5.74, 6) is 0.0284. The Kier molecular flexibility index (Phi) is 3.52. The summed E-state index contributed by atoms with van der Waals surface area (Å²) < 4.78 is 1.98. The molecule has 1 amide bonds. The van der Waals surface area contributed by atoms with Gasteiger partial charge in [-0.15, -0.1) is 11.3 Å². The number of pyridine rings is 1. The molecule has 0 saturated carbocycles. The number of rotatable bonds is 4. The average molecular weight is 285 g/mol. The number of hydrogen-bond acceptors (Lipinski definition) is 3. The van der Waals surface area contributed by atoms with Crippen molar-refractivity contribution in [2.24, 2.45) is 0 Å². The summed E-state index contributed by atoms with van der Waals surface area (Å²) in [5, 5.41) is 4.88. The van der Waals surface area contributed by atoms with Crippen LogP contribution in [0.2, 0.25) is 0 Å². The lowest BCUT2D eigenvalue weighted by atomic mass is 10.3. The van der Waals surface area contributed by atoms with E-state index in [9.17, 15) is 4.79 Å². The van der Waals surface area contributed by atoms with E-state index >= 15 is 0 Å². The number of aryl methyl sites for hydroxylation is 1. The molecule has 0 aliphatic rings. The number of nitrogens with one attached hydrogen (secondary N) is 1. The van der Waals surface area contributed by atoms with Gasteiger partial charge in [0, 0.05) is 17.3 Å². The van der Waals surface area contributed by atoms with Crippen LogP contribution in [0, 0.1) is 6.92 Å². The minimum atomic E-state index is 0.0284. The molecule has 0 radical (unpaired) electrons. The second kappa shape index (κ2) is 5.46. The molecule has 0 fully saturated rings. The zero-order chi connectivity index (χ0) is 13.9. The van der Waals surface area contributed by atoms with Gasteiger partial charge in [-0.2, -0.15) is 0 Å². The fourth-order valence-corrected chi connectivity index (χ4v) is 2.77. The highest BCUT2D eigenvalue weighted by Crippen LogP contribution is 2.10. The summed E-state index contributed by atoms with van der Waals surface area (Å²) in [4.78, 5) is 17.4. The molecule has 20 heavy (non-hydrogen) atoms. The molecule has 0 saturated heterocycles. The maximum atomic E-state index is 11.8. The summed E-state index contributed by atoms with van der Waals surface area (Å²) >= 11 is 1.60. The summed E-state index contributed by atoms with van der Waals surface area (Å²) in [7, 11) is 0. The van der Waals surface area contributed by atoms with Crippen LogP contribution < -0.4 is 5.32 Å². The van der Waals surface area contributed by atoms with Crippen LogP contribution in [-0.2, 0) is 17.8 Å². The number of nitrogens with zero attached hydrogens (tertiary/aromatic N) is 2. The van der Waals surface area contributed by atoms with Gasteiger partial charge in [-0.3, -0.25) is 4.79 Å². The third-order valence-electron chi connectivity index (χ3n) is 3.03. The molecule has 1 N–H and O–H groups in total. The van der Waals surface area contributed by atoms with Crippen LogP contribution in [0.4, 0.5) is 0 Å². The third kappa shape index (κ3) is 2.88. The number of carbonyl (C=O) groups is 1. The number of carbonyl (C=O) groups excluding carboxylic acids is 1. The molecular weight excluding hydrogens is 270 g/mol. The average Bonchev–Trinajstić information content (AvgIpc) is 3.04. The van der Waals surface area contributed by atoms with Crippen LogP contribution in [0.1, 0.15) is 16.1 Å². The van der Waals surface area contributed by atoms with Crippen LogP contribution in [0.5, 0.6) is 0 Å². The normalized spacial score (nSPS) is 10.8. The van der Waals surface area contributed by atoms with Crippen molar-refractivity contribution < 1.29 is 4.79 Å². The van der Waals surface area contributed by atoms with Gasteiger partial charge >= 0.3 is 0 Å². The highest BCUT2D eigenvalue weighted by Gasteiger charge is 2.06. The maximum Gasteiger partial charge on any atom is 0.225 e. The van der Waals surface area contributed by atoms with E-state index in [0.29, 0.717) is 13.0 Å². The fourth-order valence-electron chi connectivity index (χ4n) is 2.06. The number of fused-ring (bicyclic) bond motifs is 1. The first-order chi connectivity index (χ1) is 9.70. The minimum absolute atomic E-state index is 0.0284. The molecule has 0 unspecified atom stereocenters. The fraction of sp³-hybridized carbons (Fsp3) is 0.200. The first kappa shape index (κ1) is 12.9. The highest BCUT2D eigenvalue weighted by molar-refractivity contribution is 7.10. The number of imidazole rings is 1. The van der Waals surface area contributed by atoms with E-state index in [1.165, 1.54) is 5.56 Å². The number of amides is 1. The first-order valence-electron chi connectivity index (χ1n) is 6.44. The Balaban J connectivity index is 1.63. The Labute approximate surface area is 121 Å². The summed E-state index contributed by atoms with van der Waals surface area (Å²) in [6.45, 7) is 2.51.